The summed E-state index contributed by atoms with van der Waals surface area (Å²) in [6, 6.07) is 22.4. The number of carbonyl (C=O) groups excluding carboxylic acids is 2. The summed E-state index contributed by atoms with van der Waals surface area (Å²) in [5.41, 5.74) is 4.33. The van der Waals surface area contributed by atoms with Gasteiger partial charge in [0.05, 0.1) is 37.4 Å². The van der Waals surface area contributed by atoms with Crippen molar-refractivity contribution in [1.29, 1.82) is 0 Å². The van der Waals surface area contributed by atoms with Gasteiger partial charge in [0.15, 0.2) is 5.17 Å². The first-order chi connectivity index (χ1) is 19.6. The molecule has 8 nitrogen and oxygen atoms in total. The molecule has 3 aromatic rings. The third kappa shape index (κ3) is 5.94. The van der Waals surface area contributed by atoms with E-state index in [2.05, 4.69) is 10.3 Å². The Morgan fingerprint density at radius 2 is 1.80 bits per heavy atom. The Hall–Kier alpha value is -4.37. The number of nitrogens with one attached hydrogen (secondary N) is 1. The number of aromatic nitrogens is 1. The van der Waals surface area contributed by atoms with Crippen LogP contribution in [0, 0.1) is 0 Å². The summed E-state index contributed by atoms with van der Waals surface area (Å²) in [6.07, 6.45) is 2.52. The highest BCUT2D eigenvalue weighted by molar-refractivity contribution is 8.16. The fourth-order valence-corrected chi connectivity index (χ4v) is 5.61. The van der Waals surface area contributed by atoms with E-state index in [0.717, 1.165) is 22.5 Å². The minimum Gasteiger partial charge on any atom is -0.497 e. The van der Waals surface area contributed by atoms with Gasteiger partial charge in [0.2, 0.25) is 5.91 Å². The van der Waals surface area contributed by atoms with Crippen molar-refractivity contribution in [2.75, 3.05) is 20.3 Å². The molecule has 0 aliphatic carbocycles. The number of aliphatic imine (C=N–C) groups is 1. The van der Waals surface area contributed by atoms with E-state index in [4.69, 9.17) is 14.5 Å². The van der Waals surface area contributed by atoms with Gasteiger partial charge in [-0.25, -0.2) is 9.79 Å². The number of amides is 1. The molecular formula is C31H30N4O4S. The second kappa shape index (κ2) is 12.7. The maximum atomic E-state index is 13.6. The van der Waals surface area contributed by atoms with Gasteiger partial charge in [0.25, 0.3) is 0 Å². The fraction of sp³-hybridized carbons (Fsp3) is 0.226. The van der Waals surface area contributed by atoms with Gasteiger partial charge < -0.3 is 19.7 Å². The van der Waals surface area contributed by atoms with E-state index in [-0.39, 0.29) is 18.9 Å². The third-order valence-electron chi connectivity index (χ3n) is 6.56. The van der Waals surface area contributed by atoms with Crippen LogP contribution in [-0.4, -0.2) is 47.2 Å². The molecule has 0 spiro atoms. The number of fused-ring (bicyclic) bond motifs is 1. The Morgan fingerprint density at radius 1 is 1.02 bits per heavy atom. The van der Waals surface area contributed by atoms with Gasteiger partial charge in [0, 0.05) is 36.1 Å². The molecule has 0 saturated carbocycles. The third-order valence-corrected chi connectivity index (χ3v) is 7.44. The van der Waals surface area contributed by atoms with Gasteiger partial charge in [-0.1, -0.05) is 60.3 Å². The van der Waals surface area contributed by atoms with Gasteiger partial charge in [0.1, 0.15) is 5.75 Å². The smallest absolute Gasteiger partial charge is 0.338 e. The molecule has 2 aliphatic rings. The van der Waals surface area contributed by atoms with Crippen molar-refractivity contribution in [3.05, 3.63) is 112 Å². The van der Waals surface area contributed by atoms with E-state index in [9.17, 15) is 9.59 Å². The molecule has 2 aliphatic heterocycles. The van der Waals surface area contributed by atoms with Crippen molar-refractivity contribution < 1.29 is 19.1 Å². The average molecular weight is 555 g/mol. The number of nitrogens with zero attached hydrogens (tertiary/aromatic N) is 3. The van der Waals surface area contributed by atoms with Crippen LogP contribution >= 0.6 is 11.8 Å². The number of benzene rings is 2. The van der Waals surface area contributed by atoms with Crippen molar-refractivity contribution in [3.8, 4) is 5.75 Å². The molecule has 1 N–H and O–H groups in total. The van der Waals surface area contributed by atoms with Gasteiger partial charge in [-0.05, 0) is 42.2 Å². The van der Waals surface area contributed by atoms with Crippen molar-refractivity contribution >= 4 is 34.5 Å². The van der Waals surface area contributed by atoms with Crippen LogP contribution in [0.15, 0.2) is 101 Å². The highest BCUT2D eigenvalue weighted by Gasteiger charge is 2.42. The highest BCUT2D eigenvalue weighted by Crippen LogP contribution is 2.47. The lowest BCUT2D eigenvalue weighted by molar-refractivity contribution is -0.139. The van der Waals surface area contributed by atoms with E-state index in [1.807, 2.05) is 83.1 Å². The average Bonchev–Trinajstić information content (AvgIpc) is 3.39. The van der Waals surface area contributed by atoms with Gasteiger partial charge in [-0.3, -0.25) is 9.78 Å². The van der Waals surface area contributed by atoms with Crippen LogP contribution in [0.4, 0.5) is 0 Å². The maximum Gasteiger partial charge on any atom is 0.338 e. The summed E-state index contributed by atoms with van der Waals surface area (Å²) in [7, 11) is 1.61. The summed E-state index contributed by atoms with van der Waals surface area (Å²) in [5, 5.41) is 5.63. The molecule has 3 heterocycles. The summed E-state index contributed by atoms with van der Waals surface area (Å²) >= 11 is 1.44. The van der Waals surface area contributed by atoms with Crippen molar-refractivity contribution in [2.24, 2.45) is 4.99 Å². The minimum atomic E-state index is -0.546. The van der Waals surface area contributed by atoms with Crippen LogP contribution < -0.4 is 10.1 Å². The number of amidine groups is 1. The van der Waals surface area contributed by atoms with Crippen LogP contribution in [-0.2, 0) is 20.7 Å². The van der Waals surface area contributed by atoms with E-state index in [0.29, 0.717) is 35.2 Å². The Bertz CT molecular complexity index is 1450. The molecular weight excluding hydrogens is 524 g/mol. The molecule has 9 heteroatoms. The predicted octanol–water partition coefficient (Wildman–Crippen LogP) is 5.11. The molecule has 0 bridgehead atoms. The topological polar surface area (TPSA) is 93.1 Å². The molecule has 5 rings (SSSR count). The number of rotatable bonds is 10. The number of hydrogen-bond donors (Lipinski definition) is 1. The second-order valence-corrected chi connectivity index (χ2v) is 9.95. The number of pyridine rings is 1. The molecule has 1 unspecified atom stereocenters. The first-order valence-corrected chi connectivity index (χ1v) is 14.0. The molecule has 1 amide bonds. The van der Waals surface area contributed by atoms with Gasteiger partial charge >= 0.3 is 5.97 Å². The molecule has 0 radical (unpaired) electrons. The quantitative estimate of drug-likeness (QED) is 0.348. The summed E-state index contributed by atoms with van der Waals surface area (Å²) in [6.45, 7) is 2.49. The lowest BCUT2D eigenvalue weighted by Gasteiger charge is -2.36. The molecule has 2 aromatic carbocycles. The Balaban J connectivity index is 1.48. The summed E-state index contributed by atoms with van der Waals surface area (Å²) < 4.78 is 10.9. The first-order valence-electron chi connectivity index (χ1n) is 13.1. The number of ether oxygens (including phenoxy) is 2. The molecule has 204 valence electrons. The fourth-order valence-electron chi connectivity index (χ4n) is 4.69. The number of carbonyl (C=O) groups is 2. The molecule has 0 fully saturated rings. The zero-order valence-corrected chi connectivity index (χ0v) is 23.2. The Morgan fingerprint density at radius 3 is 2.50 bits per heavy atom. The van der Waals surface area contributed by atoms with Crippen LogP contribution in [0.1, 0.15) is 36.2 Å². The SMILES string of the molecule is CCOC(=O)C1=C(c2ccccc2)N=C2SC=C(CC(=O)NCCc3ccccn3)N2C1c1ccc(OC)cc1. The monoisotopic (exact) mass is 554 g/mol. The standard InChI is InChI=1S/C31H30N4O4S/c1-3-39-30(37)27-28(21-9-5-4-6-10-21)34-31-35(29(27)22-12-14-25(38-2)15-13-22)24(20-40-31)19-26(36)33-18-16-23-11-7-8-17-32-23/h4-15,17,20,29H,3,16,18-19H2,1-2H3,(H,33,36). The summed E-state index contributed by atoms with van der Waals surface area (Å²) in [4.78, 5) is 37.8. The largest absolute Gasteiger partial charge is 0.497 e. The zero-order chi connectivity index (χ0) is 27.9. The van der Waals surface area contributed by atoms with Crippen molar-refractivity contribution in [1.82, 2.24) is 15.2 Å². The van der Waals surface area contributed by atoms with E-state index in [1.165, 1.54) is 11.8 Å². The molecule has 1 atom stereocenters. The Labute approximate surface area is 237 Å². The van der Waals surface area contributed by atoms with E-state index >= 15 is 0 Å². The summed E-state index contributed by atoms with van der Waals surface area (Å²) in [5.74, 6) is 0.145. The minimum absolute atomic E-state index is 0.118. The predicted molar refractivity (Wildman–Crippen MR) is 156 cm³/mol. The van der Waals surface area contributed by atoms with Crippen molar-refractivity contribution in [2.45, 2.75) is 25.8 Å². The van der Waals surface area contributed by atoms with Gasteiger partial charge in [-0.15, -0.1) is 0 Å². The Kier molecular flexibility index (Phi) is 8.61. The molecule has 40 heavy (non-hydrogen) atoms. The second-order valence-electron chi connectivity index (χ2n) is 9.11. The van der Waals surface area contributed by atoms with Crippen LogP contribution in [0.5, 0.6) is 5.75 Å². The van der Waals surface area contributed by atoms with Crippen LogP contribution in [0.2, 0.25) is 0 Å². The van der Waals surface area contributed by atoms with Gasteiger partial charge in [-0.2, -0.15) is 0 Å². The zero-order valence-electron chi connectivity index (χ0n) is 22.4. The van der Waals surface area contributed by atoms with E-state index < -0.39 is 12.0 Å². The lowest BCUT2D eigenvalue weighted by Crippen LogP contribution is -2.38. The highest BCUT2D eigenvalue weighted by atomic mass is 32.2. The maximum absolute atomic E-state index is 13.6. The number of thioether (sulfide) groups is 1. The normalized spacial score (nSPS) is 16.1. The number of methoxy groups -OCH3 is 1. The van der Waals surface area contributed by atoms with Crippen LogP contribution in [0.25, 0.3) is 5.70 Å². The number of hydrogen-bond acceptors (Lipinski definition) is 8. The van der Waals surface area contributed by atoms with E-state index in [1.54, 1.807) is 20.2 Å². The molecule has 0 saturated heterocycles. The number of esters is 1. The lowest BCUT2D eigenvalue weighted by atomic mass is 9.91. The van der Waals surface area contributed by atoms with Crippen LogP contribution in [0.3, 0.4) is 0 Å². The molecule has 1 aromatic heterocycles. The first kappa shape index (κ1) is 27.2. The van der Waals surface area contributed by atoms with Crippen molar-refractivity contribution in [3.63, 3.8) is 0 Å².